The summed E-state index contributed by atoms with van der Waals surface area (Å²) in [5.41, 5.74) is 0. The maximum absolute atomic E-state index is 9.34. The highest BCUT2D eigenvalue weighted by molar-refractivity contribution is 4.78. The van der Waals surface area contributed by atoms with Crippen molar-refractivity contribution in [1.29, 1.82) is 0 Å². The largest absolute Gasteiger partial charge is 0.396 e. The third-order valence-corrected chi connectivity index (χ3v) is 2.87. The SMILES string of the molecule is OCCC1CCCCN1CC(O)CO. The summed E-state index contributed by atoms with van der Waals surface area (Å²) in [6.07, 6.45) is 3.59. The summed E-state index contributed by atoms with van der Waals surface area (Å²) in [6.45, 7) is 1.53. The van der Waals surface area contributed by atoms with Crippen LogP contribution in [0, 0.1) is 0 Å². The molecule has 0 bridgehead atoms. The van der Waals surface area contributed by atoms with Gasteiger partial charge in [-0.1, -0.05) is 6.42 Å². The van der Waals surface area contributed by atoms with E-state index in [0.717, 1.165) is 25.8 Å². The van der Waals surface area contributed by atoms with Crippen molar-refractivity contribution in [2.45, 2.75) is 37.8 Å². The van der Waals surface area contributed by atoms with E-state index in [-0.39, 0.29) is 13.2 Å². The van der Waals surface area contributed by atoms with Crippen LogP contribution in [0.2, 0.25) is 0 Å². The van der Waals surface area contributed by atoms with Crippen molar-refractivity contribution in [1.82, 2.24) is 4.90 Å². The Balaban J connectivity index is 2.37. The predicted octanol–water partition coefficient (Wildman–Crippen LogP) is -0.424. The summed E-state index contributed by atoms with van der Waals surface area (Å²) in [7, 11) is 0. The van der Waals surface area contributed by atoms with E-state index in [2.05, 4.69) is 4.90 Å². The van der Waals surface area contributed by atoms with Crippen LogP contribution in [0.4, 0.5) is 0 Å². The first-order valence-corrected chi connectivity index (χ1v) is 5.41. The molecule has 4 heteroatoms. The zero-order chi connectivity index (χ0) is 10.4. The molecule has 1 saturated heterocycles. The van der Waals surface area contributed by atoms with E-state index in [1.807, 2.05) is 0 Å². The Morgan fingerprint density at radius 2 is 2.07 bits per heavy atom. The molecule has 2 atom stereocenters. The van der Waals surface area contributed by atoms with Gasteiger partial charge in [-0.05, 0) is 25.8 Å². The first kappa shape index (κ1) is 11.9. The van der Waals surface area contributed by atoms with Crippen molar-refractivity contribution in [2.24, 2.45) is 0 Å². The third-order valence-electron chi connectivity index (χ3n) is 2.87. The summed E-state index contributed by atoms with van der Waals surface area (Å²) in [5, 5.41) is 27.0. The molecule has 0 aromatic rings. The topological polar surface area (TPSA) is 63.9 Å². The van der Waals surface area contributed by atoms with E-state index in [1.54, 1.807) is 0 Å². The molecule has 0 amide bonds. The predicted molar refractivity (Wildman–Crippen MR) is 54.0 cm³/mol. The summed E-state index contributed by atoms with van der Waals surface area (Å²) in [5.74, 6) is 0. The fourth-order valence-electron chi connectivity index (χ4n) is 2.10. The zero-order valence-corrected chi connectivity index (χ0v) is 8.60. The molecule has 0 spiro atoms. The van der Waals surface area contributed by atoms with Crippen LogP contribution in [0.3, 0.4) is 0 Å². The Morgan fingerprint density at radius 1 is 1.29 bits per heavy atom. The fraction of sp³-hybridized carbons (Fsp3) is 1.00. The molecule has 0 aliphatic carbocycles. The number of hydrogen-bond acceptors (Lipinski definition) is 4. The summed E-state index contributed by atoms with van der Waals surface area (Å²) < 4.78 is 0. The molecular weight excluding hydrogens is 182 g/mol. The molecule has 14 heavy (non-hydrogen) atoms. The molecular formula is C10H21NO3. The number of β-amino-alcohol motifs (C(OH)–C–C–N with tert-alkyl or cyclic N) is 1. The number of nitrogens with zero attached hydrogens (tertiary/aromatic N) is 1. The van der Waals surface area contributed by atoms with Gasteiger partial charge in [-0.15, -0.1) is 0 Å². The van der Waals surface area contributed by atoms with Crippen molar-refractivity contribution in [2.75, 3.05) is 26.3 Å². The standard InChI is InChI=1S/C10H21NO3/c12-6-4-9-3-1-2-5-11(9)7-10(14)8-13/h9-10,12-14H,1-8H2. The lowest BCUT2D eigenvalue weighted by Crippen LogP contribution is -2.44. The Hall–Kier alpha value is -0.160. The number of aliphatic hydroxyl groups excluding tert-OH is 3. The summed E-state index contributed by atoms with van der Waals surface area (Å²) >= 11 is 0. The highest BCUT2D eigenvalue weighted by Gasteiger charge is 2.23. The molecule has 0 radical (unpaired) electrons. The molecule has 2 unspecified atom stereocenters. The Morgan fingerprint density at radius 3 is 2.71 bits per heavy atom. The van der Waals surface area contributed by atoms with Gasteiger partial charge in [-0.2, -0.15) is 0 Å². The average molecular weight is 203 g/mol. The van der Waals surface area contributed by atoms with E-state index < -0.39 is 6.10 Å². The fourth-order valence-corrected chi connectivity index (χ4v) is 2.10. The van der Waals surface area contributed by atoms with E-state index in [9.17, 15) is 5.11 Å². The highest BCUT2D eigenvalue weighted by Crippen LogP contribution is 2.19. The van der Waals surface area contributed by atoms with Gasteiger partial charge < -0.3 is 15.3 Å². The van der Waals surface area contributed by atoms with Gasteiger partial charge in [-0.3, -0.25) is 4.90 Å². The van der Waals surface area contributed by atoms with Crippen LogP contribution >= 0.6 is 0 Å². The van der Waals surface area contributed by atoms with Gasteiger partial charge >= 0.3 is 0 Å². The third kappa shape index (κ3) is 3.53. The minimum atomic E-state index is -0.644. The number of rotatable bonds is 5. The Bertz CT molecular complexity index is 152. The maximum atomic E-state index is 9.34. The molecule has 1 aliphatic rings. The van der Waals surface area contributed by atoms with Crippen molar-refractivity contribution in [3.8, 4) is 0 Å². The maximum Gasteiger partial charge on any atom is 0.0897 e. The number of aliphatic hydroxyl groups is 3. The van der Waals surface area contributed by atoms with Crippen LogP contribution in [0.1, 0.15) is 25.7 Å². The van der Waals surface area contributed by atoms with Crippen LogP contribution in [0.5, 0.6) is 0 Å². The normalized spacial score (nSPS) is 26.4. The van der Waals surface area contributed by atoms with Gasteiger partial charge in [0, 0.05) is 19.2 Å². The second-order valence-electron chi connectivity index (χ2n) is 3.99. The van der Waals surface area contributed by atoms with Crippen molar-refractivity contribution in [3.63, 3.8) is 0 Å². The first-order valence-electron chi connectivity index (χ1n) is 5.41. The lowest BCUT2D eigenvalue weighted by Gasteiger charge is -2.36. The minimum Gasteiger partial charge on any atom is -0.396 e. The van der Waals surface area contributed by atoms with Gasteiger partial charge in [-0.25, -0.2) is 0 Å². The minimum absolute atomic E-state index is 0.178. The van der Waals surface area contributed by atoms with E-state index in [4.69, 9.17) is 10.2 Å². The zero-order valence-electron chi connectivity index (χ0n) is 8.60. The van der Waals surface area contributed by atoms with Gasteiger partial charge in [0.15, 0.2) is 0 Å². The second-order valence-corrected chi connectivity index (χ2v) is 3.99. The Labute approximate surface area is 85.2 Å². The second kappa shape index (κ2) is 6.35. The number of likely N-dealkylation sites (tertiary alicyclic amines) is 1. The average Bonchev–Trinajstić information content (AvgIpc) is 2.21. The van der Waals surface area contributed by atoms with Gasteiger partial charge in [0.2, 0.25) is 0 Å². The molecule has 0 saturated carbocycles. The van der Waals surface area contributed by atoms with Gasteiger partial charge in [0.05, 0.1) is 12.7 Å². The van der Waals surface area contributed by atoms with Crippen LogP contribution < -0.4 is 0 Å². The van der Waals surface area contributed by atoms with Crippen LogP contribution in [-0.2, 0) is 0 Å². The van der Waals surface area contributed by atoms with Crippen LogP contribution in [0.15, 0.2) is 0 Å². The van der Waals surface area contributed by atoms with E-state index in [0.29, 0.717) is 12.6 Å². The molecule has 4 nitrogen and oxygen atoms in total. The van der Waals surface area contributed by atoms with E-state index >= 15 is 0 Å². The van der Waals surface area contributed by atoms with E-state index in [1.165, 1.54) is 6.42 Å². The molecule has 84 valence electrons. The smallest absolute Gasteiger partial charge is 0.0897 e. The first-order chi connectivity index (χ1) is 6.77. The number of hydrogen-bond donors (Lipinski definition) is 3. The van der Waals surface area contributed by atoms with Gasteiger partial charge in [0.1, 0.15) is 0 Å². The molecule has 0 aromatic heterocycles. The molecule has 1 aliphatic heterocycles. The monoisotopic (exact) mass is 203 g/mol. The lowest BCUT2D eigenvalue weighted by molar-refractivity contribution is 0.0274. The molecule has 1 fully saturated rings. The van der Waals surface area contributed by atoms with Crippen molar-refractivity contribution in [3.05, 3.63) is 0 Å². The van der Waals surface area contributed by atoms with Crippen molar-refractivity contribution < 1.29 is 15.3 Å². The highest BCUT2D eigenvalue weighted by atomic mass is 16.3. The quantitative estimate of drug-likeness (QED) is 0.568. The molecule has 3 N–H and O–H groups in total. The van der Waals surface area contributed by atoms with Crippen molar-refractivity contribution >= 4 is 0 Å². The number of piperidine rings is 1. The van der Waals surface area contributed by atoms with Gasteiger partial charge in [0.25, 0.3) is 0 Å². The molecule has 1 heterocycles. The lowest BCUT2D eigenvalue weighted by atomic mass is 9.99. The Kier molecular flexibility index (Phi) is 5.40. The molecule has 1 rings (SSSR count). The summed E-state index contributed by atoms with van der Waals surface area (Å²) in [4.78, 5) is 2.18. The molecule has 0 aromatic carbocycles. The summed E-state index contributed by atoms with van der Waals surface area (Å²) in [6, 6.07) is 0.384. The van der Waals surface area contributed by atoms with Crippen LogP contribution in [-0.4, -0.2) is 58.7 Å². The van der Waals surface area contributed by atoms with Crippen LogP contribution in [0.25, 0.3) is 0 Å².